The normalized spacial score (nSPS) is 22.8. The molecule has 3 aliphatic rings. The van der Waals surface area contributed by atoms with Crippen LogP contribution in [-0.2, 0) is 14.3 Å². The molecular formula is C29H25ClF3N5O6. The number of fused-ring (bicyclic) bond motifs is 2. The fourth-order valence-corrected chi connectivity index (χ4v) is 5.42. The Bertz CT molecular complexity index is 1700. The van der Waals surface area contributed by atoms with Crippen LogP contribution < -0.4 is 15.2 Å². The van der Waals surface area contributed by atoms with Crippen LogP contribution in [0.4, 0.5) is 13.2 Å². The molecule has 0 unspecified atom stereocenters. The molecule has 230 valence electrons. The molecule has 0 radical (unpaired) electrons. The number of ether oxygens (including phenoxy) is 3. The van der Waals surface area contributed by atoms with Crippen molar-refractivity contribution in [3.63, 3.8) is 0 Å². The number of aromatic nitrogens is 3. The number of hydrogen-bond acceptors (Lipinski definition) is 9. The van der Waals surface area contributed by atoms with Gasteiger partial charge in [0.2, 0.25) is 5.84 Å². The first-order valence-electron chi connectivity index (χ1n) is 13.6. The predicted molar refractivity (Wildman–Crippen MR) is 149 cm³/mol. The van der Waals surface area contributed by atoms with Gasteiger partial charge in [-0.15, -0.1) is 0 Å². The van der Waals surface area contributed by atoms with Gasteiger partial charge in [0, 0.05) is 5.56 Å². The molecule has 44 heavy (non-hydrogen) atoms. The number of halogens is 4. The van der Waals surface area contributed by atoms with Gasteiger partial charge in [-0.1, -0.05) is 48.0 Å². The highest BCUT2D eigenvalue weighted by Crippen LogP contribution is 2.33. The second kappa shape index (κ2) is 12.1. The first-order chi connectivity index (χ1) is 21.1. The summed E-state index contributed by atoms with van der Waals surface area (Å²) < 4.78 is 48.8. The first kappa shape index (κ1) is 30.0. The molecule has 4 aromatic rings. The van der Waals surface area contributed by atoms with Gasteiger partial charge in [0.25, 0.3) is 6.01 Å². The van der Waals surface area contributed by atoms with E-state index in [0.717, 1.165) is 41.2 Å². The fourth-order valence-electron chi connectivity index (χ4n) is 5.16. The summed E-state index contributed by atoms with van der Waals surface area (Å²) >= 11 is 6.61. The number of nitrogens with two attached hydrogens (primary N) is 1. The van der Waals surface area contributed by atoms with Crippen LogP contribution in [-0.4, -0.2) is 88.8 Å². The van der Waals surface area contributed by atoms with Crippen molar-refractivity contribution in [1.29, 1.82) is 0 Å². The predicted octanol–water partition coefficient (Wildman–Crippen LogP) is 1.47. The van der Waals surface area contributed by atoms with Crippen LogP contribution in [0, 0.1) is 0 Å². The number of quaternary nitrogens is 1. The number of rotatable bonds is 5. The zero-order chi connectivity index (χ0) is 31.0. The molecule has 5 heterocycles. The van der Waals surface area contributed by atoms with E-state index in [2.05, 4.69) is 56.7 Å². The number of imidazole rings is 1. The molecule has 15 heteroatoms. The molecule has 0 amide bonds. The molecule has 4 N–H and O–H groups in total. The molecule has 2 aromatic heterocycles. The van der Waals surface area contributed by atoms with E-state index in [1.54, 1.807) is 6.07 Å². The number of alkyl halides is 3. The van der Waals surface area contributed by atoms with Crippen LogP contribution in [0.5, 0.6) is 6.01 Å². The van der Waals surface area contributed by atoms with E-state index in [4.69, 9.17) is 40.7 Å². The smallest absolute Gasteiger partial charge is 0.430 e. The van der Waals surface area contributed by atoms with Crippen molar-refractivity contribution in [2.75, 3.05) is 26.3 Å². The van der Waals surface area contributed by atoms with E-state index < -0.39 is 18.2 Å². The highest BCUT2D eigenvalue weighted by molar-refractivity contribution is 6.33. The lowest BCUT2D eigenvalue weighted by Gasteiger charge is -2.15. The minimum atomic E-state index is -5.19. The summed E-state index contributed by atoms with van der Waals surface area (Å²) in [4.78, 5) is 25.7. The number of pyridine rings is 1. The van der Waals surface area contributed by atoms with Gasteiger partial charge in [0.05, 0.1) is 41.6 Å². The van der Waals surface area contributed by atoms with Crippen LogP contribution in [0.1, 0.15) is 5.56 Å². The van der Waals surface area contributed by atoms with Gasteiger partial charge in [0.1, 0.15) is 30.8 Å². The number of amidine groups is 1. The molecule has 7 rings (SSSR count). The number of aromatic amines is 1. The Morgan fingerprint density at radius 1 is 1.00 bits per heavy atom. The van der Waals surface area contributed by atoms with E-state index >= 15 is 0 Å². The molecule has 0 saturated carbocycles. The molecule has 0 bridgehead atoms. The number of carbonyl (C=O) groups is 1. The Hall–Kier alpha value is -4.08. The number of aliphatic hydroxyl groups is 1. The summed E-state index contributed by atoms with van der Waals surface area (Å²) in [5, 5.41) is 21.4. The van der Waals surface area contributed by atoms with Gasteiger partial charge < -0.3 is 34.2 Å². The average molecular weight is 632 g/mol. The zero-order valence-electron chi connectivity index (χ0n) is 22.8. The minimum absolute atomic E-state index is 0.244. The van der Waals surface area contributed by atoms with Crippen molar-refractivity contribution in [2.45, 2.75) is 30.6 Å². The van der Waals surface area contributed by atoms with Crippen molar-refractivity contribution in [1.82, 2.24) is 15.0 Å². The van der Waals surface area contributed by atoms with Gasteiger partial charge in [-0.2, -0.15) is 18.2 Å². The standard InChI is InChI=1S/C27H24ClN5O4.C2HF3O2/c28-18-11-19-26(33-27(31-19)37-21-13-36-23-20(34)12-35-24(21)23)32-22(18)16-5-1-14(2-6-16)15-3-7-17(8-4-15)25-29-9-10-30-25;3-2(4,5)1(6)7/h1-8,11,20-21,23-24,34H,9-10,12-13H2,(H,29,30)(H,31,32,33);(H,6,7)/t20-,21-,23-,24-;/m1./s1. The summed E-state index contributed by atoms with van der Waals surface area (Å²) in [7, 11) is 0. The number of aliphatic carboxylic acids is 1. The lowest BCUT2D eigenvalue weighted by Crippen LogP contribution is -2.86. The van der Waals surface area contributed by atoms with Crippen LogP contribution in [0.25, 0.3) is 33.5 Å². The van der Waals surface area contributed by atoms with Crippen molar-refractivity contribution < 1.29 is 47.7 Å². The van der Waals surface area contributed by atoms with Gasteiger partial charge in [-0.05, 0) is 29.3 Å². The second-order valence-corrected chi connectivity index (χ2v) is 10.7. The molecule has 2 fully saturated rings. The van der Waals surface area contributed by atoms with E-state index in [0.29, 0.717) is 34.5 Å². The van der Waals surface area contributed by atoms with Crippen molar-refractivity contribution in [2.24, 2.45) is 4.99 Å². The van der Waals surface area contributed by atoms with E-state index in [9.17, 15) is 18.3 Å². The van der Waals surface area contributed by atoms with Crippen LogP contribution in [0.3, 0.4) is 0 Å². The third kappa shape index (κ3) is 6.25. The third-order valence-electron chi connectivity index (χ3n) is 7.30. The summed E-state index contributed by atoms with van der Waals surface area (Å²) in [5.41, 5.74) is 6.11. The summed E-state index contributed by atoms with van der Waals surface area (Å²) in [5.74, 6) is -1.93. The second-order valence-electron chi connectivity index (χ2n) is 10.3. The quantitative estimate of drug-likeness (QED) is 0.299. The van der Waals surface area contributed by atoms with Crippen molar-refractivity contribution >= 4 is 34.6 Å². The molecule has 11 nitrogen and oxygen atoms in total. The van der Waals surface area contributed by atoms with E-state index in [-0.39, 0.29) is 24.9 Å². The number of H-pyrrole nitrogens is 1. The topological polar surface area (TPSA) is 159 Å². The maximum Gasteiger partial charge on any atom is 0.430 e. The Kier molecular flexibility index (Phi) is 8.26. The first-order valence-corrected chi connectivity index (χ1v) is 14.0. The summed E-state index contributed by atoms with van der Waals surface area (Å²) in [6, 6.07) is 18.8. The lowest BCUT2D eigenvalue weighted by molar-refractivity contribution is -0.526. The van der Waals surface area contributed by atoms with Crippen LogP contribution >= 0.6 is 11.6 Å². The number of aliphatic hydroxyl groups excluding tert-OH is 1. The Balaban J connectivity index is 0.000000441. The number of aliphatic imine (C=N–C) groups is 1. The van der Waals surface area contributed by atoms with E-state index in [1.165, 1.54) is 0 Å². The lowest BCUT2D eigenvalue weighted by atomic mass is 10.0. The van der Waals surface area contributed by atoms with Gasteiger partial charge in [-0.3, -0.25) is 5.32 Å². The molecule has 0 spiro atoms. The number of nitrogens with one attached hydrogen (secondary N) is 1. The SMILES string of the molecule is O=C([O-])C(F)(F)F.O[C@@H]1CO[C@H]2[C@@H]1OC[C@H]2Oc1nc2nc(-c3ccc(-c4ccc(C5=NCC[NH2+]5)cc4)cc3)c(Cl)cc2[nH]1. The maximum atomic E-state index is 10.5. The van der Waals surface area contributed by atoms with Crippen molar-refractivity contribution in [3.8, 4) is 28.4 Å². The van der Waals surface area contributed by atoms with Crippen LogP contribution in [0.2, 0.25) is 5.02 Å². The Labute approximate surface area is 252 Å². The Morgan fingerprint density at radius 3 is 2.23 bits per heavy atom. The maximum absolute atomic E-state index is 10.5. The number of carboxylic acids is 1. The van der Waals surface area contributed by atoms with Gasteiger partial charge >= 0.3 is 6.18 Å². The monoisotopic (exact) mass is 631 g/mol. The zero-order valence-corrected chi connectivity index (χ0v) is 23.5. The highest BCUT2D eigenvalue weighted by atomic mass is 35.5. The van der Waals surface area contributed by atoms with Gasteiger partial charge in [0.15, 0.2) is 11.8 Å². The summed E-state index contributed by atoms with van der Waals surface area (Å²) in [6.45, 7) is 2.47. The number of benzene rings is 2. The number of carbonyl (C=O) groups excluding carboxylic acids is 1. The average Bonchev–Trinajstić information content (AvgIpc) is 3.80. The summed E-state index contributed by atoms with van der Waals surface area (Å²) in [6.07, 6.45) is -6.87. The molecular weight excluding hydrogens is 607 g/mol. The number of nitrogens with zero attached hydrogens (tertiary/aromatic N) is 3. The fraction of sp³-hybridized carbons (Fsp3) is 0.310. The van der Waals surface area contributed by atoms with Gasteiger partial charge in [-0.25, -0.2) is 9.98 Å². The molecule has 2 saturated heterocycles. The molecule has 3 aliphatic heterocycles. The largest absolute Gasteiger partial charge is 0.542 e. The molecule has 0 aliphatic carbocycles. The van der Waals surface area contributed by atoms with Crippen molar-refractivity contribution in [3.05, 3.63) is 65.2 Å². The number of carboxylic acid groups (broad SMARTS) is 1. The number of hydrogen-bond donors (Lipinski definition) is 3. The Morgan fingerprint density at radius 2 is 1.61 bits per heavy atom. The molecule has 2 aromatic carbocycles. The molecule has 4 atom stereocenters. The minimum Gasteiger partial charge on any atom is -0.542 e. The van der Waals surface area contributed by atoms with Crippen LogP contribution in [0.15, 0.2) is 59.6 Å². The highest BCUT2D eigenvalue weighted by Gasteiger charge is 2.48. The third-order valence-corrected chi connectivity index (χ3v) is 7.59. The van der Waals surface area contributed by atoms with E-state index in [1.807, 2.05) is 12.1 Å².